The highest BCUT2D eigenvalue weighted by Gasteiger charge is 2.29. The lowest BCUT2D eigenvalue weighted by molar-refractivity contribution is -0.126. The van der Waals surface area contributed by atoms with Crippen LogP contribution >= 0.6 is 11.3 Å². The number of nitrogens with one attached hydrogen (secondary N) is 1. The van der Waals surface area contributed by atoms with Crippen molar-refractivity contribution in [1.82, 2.24) is 19.4 Å². The van der Waals surface area contributed by atoms with Gasteiger partial charge in [-0.25, -0.2) is 9.97 Å². The Kier molecular flexibility index (Phi) is 6.83. The zero-order valence-corrected chi connectivity index (χ0v) is 20.2. The monoisotopic (exact) mass is 514 g/mol. The normalized spacial score (nSPS) is 15.5. The second-order valence-electron chi connectivity index (χ2n) is 9.05. The van der Waals surface area contributed by atoms with Gasteiger partial charge in [-0.05, 0) is 42.7 Å². The number of fused-ring (bicyclic) bond motifs is 2. The van der Waals surface area contributed by atoms with Crippen molar-refractivity contribution in [3.63, 3.8) is 0 Å². The number of anilines is 1. The summed E-state index contributed by atoms with van der Waals surface area (Å²) in [5.74, 6) is 0.592. The summed E-state index contributed by atoms with van der Waals surface area (Å²) in [4.78, 5) is 11.6. The van der Waals surface area contributed by atoms with Crippen LogP contribution in [0.1, 0.15) is 29.0 Å². The molecule has 0 radical (unpaired) electrons. The number of aliphatic hydroxyl groups is 1. The van der Waals surface area contributed by atoms with Gasteiger partial charge in [0.1, 0.15) is 28.7 Å². The minimum absolute atomic E-state index is 0.0230. The van der Waals surface area contributed by atoms with Gasteiger partial charge in [-0.3, -0.25) is 4.90 Å². The van der Waals surface area contributed by atoms with E-state index in [1.165, 1.54) is 6.33 Å². The van der Waals surface area contributed by atoms with Crippen LogP contribution in [0.4, 0.5) is 19.0 Å². The Balaban J connectivity index is 1.21. The van der Waals surface area contributed by atoms with Crippen molar-refractivity contribution >= 4 is 38.3 Å². The smallest absolute Gasteiger partial charge is 0.393 e. The topological polar surface area (TPSA) is 90.0 Å². The van der Waals surface area contributed by atoms with Gasteiger partial charge in [0.15, 0.2) is 0 Å². The largest absolute Gasteiger partial charge is 0.395 e. The summed E-state index contributed by atoms with van der Waals surface area (Å²) in [5.41, 5.74) is 2.64. The van der Waals surface area contributed by atoms with Gasteiger partial charge in [0.05, 0.1) is 18.4 Å². The Labute approximate surface area is 209 Å². The molecule has 0 unspecified atom stereocenters. The molecule has 0 saturated carbocycles. The van der Waals surface area contributed by atoms with E-state index in [9.17, 15) is 23.5 Å². The molecule has 0 atom stereocenters. The number of hydrogen-bond acceptors (Lipinski definition) is 7. The summed E-state index contributed by atoms with van der Waals surface area (Å²) in [7, 11) is 0. The number of rotatable bonds is 7. The first-order chi connectivity index (χ1) is 17.3. The fourth-order valence-electron chi connectivity index (χ4n) is 4.84. The second kappa shape index (κ2) is 10.0. The summed E-state index contributed by atoms with van der Waals surface area (Å²) < 4.78 is 40.3. The van der Waals surface area contributed by atoms with Gasteiger partial charge in [0, 0.05) is 48.0 Å². The number of nitrogens with zero attached hydrogens (tertiary/aromatic N) is 5. The molecular weight excluding hydrogens is 489 g/mol. The predicted molar refractivity (Wildman–Crippen MR) is 133 cm³/mol. The fourth-order valence-corrected chi connectivity index (χ4v) is 5.87. The lowest BCUT2D eigenvalue weighted by Crippen LogP contribution is -2.38. The molecule has 36 heavy (non-hydrogen) atoms. The second-order valence-corrected chi connectivity index (χ2v) is 10.2. The molecule has 4 heterocycles. The zero-order valence-electron chi connectivity index (χ0n) is 19.4. The number of aliphatic hydroxyl groups excluding tert-OH is 1. The summed E-state index contributed by atoms with van der Waals surface area (Å²) >= 11 is 1.06. The minimum atomic E-state index is -4.25. The van der Waals surface area contributed by atoms with Gasteiger partial charge in [-0.1, -0.05) is 6.07 Å². The molecule has 0 amide bonds. The third kappa shape index (κ3) is 5.31. The highest BCUT2D eigenvalue weighted by Crippen LogP contribution is 2.33. The van der Waals surface area contributed by atoms with Crippen LogP contribution in [0, 0.1) is 11.3 Å². The van der Waals surface area contributed by atoms with E-state index in [4.69, 9.17) is 0 Å². The van der Waals surface area contributed by atoms with Crippen molar-refractivity contribution in [2.75, 3.05) is 25.0 Å². The summed E-state index contributed by atoms with van der Waals surface area (Å²) in [6, 6.07) is 11.9. The molecule has 1 aliphatic rings. The molecule has 1 saturated heterocycles. The van der Waals surface area contributed by atoms with Crippen molar-refractivity contribution in [3.05, 3.63) is 52.8 Å². The van der Waals surface area contributed by atoms with E-state index in [-0.39, 0.29) is 17.5 Å². The molecule has 0 bridgehead atoms. The molecule has 1 aliphatic heterocycles. The Morgan fingerprint density at radius 2 is 1.97 bits per heavy atom. The number of likely N-dealkylation sites (tertiary alicyclic amines) is 1. The van der Waals surface area contributed by atoms with Crippen LogP contribution in [-0.4, -0.2) is 56.5 Å². The SMILES string of the molecule is N#Cc1cc2cc(CN3CCC(Nc4ncnc5sc(CC(F)(F)F)cc45)CC3)ccc2n1CCO. The van der Waals surface area contributed by atoms with Crippen LogP contribution in [0.2, 0.25) is 0 Å². The van der Waals surface area contributed by atoms with Crippen LogP contribution < -0.4 is 5.32 Å². The first-order valence-electron chi connectivity index (χ1n) is 11.7. The highest BCUT2D eigenvalue weighted by atomic mass is 32.1. The number of aromatic nitrogens is 3. The van der Waals surface area contributed by atoms with E-state index in [2.05, 4.69) is 38.4 Å². The summed E-state index contributed by atoms with van der Waals surface area (Å²) in [5, 5.41) is 23.8. The molecule has 1 fully saturated rings. The third-order valence-corrected chi connectivity index (χ3v) is 7.54. The maximum absolute atomic E-state index is 12.8. The lowest BCUT2D eigenvalue weighted by atomic mass is 10.0. The Bertz CT molecular complexity index is 1420. The molecule has 4 aromatic rings. The van der Waals surface area contributed by atoms with Crippen LogP contribution in [0.25, 0.3) is 21.1 Å². The van der Waals surface area contributed by atoms with Gasteiger partial charge >= 0.3 is 6.18 Å². The number of halogens is 3. The van der Waals surface area contributed by atoms with Crippen LogP contribution in [0.15, 0.2) is 36.7 Å². The van der Waals surface area contributed by atoms with E-state index < -0.39 is 12.6 Å². The molecular formula is C25H25F3N6OS. The standard InChI is InChI=1S/C25H25F3N6OS/c26-25(27,28)12-20-11-21-23(30-15-31-24(21)36-20)32-18-3-5-33(6-4-18)14-16-1-2-22-17(9-16)10-19(13-29)34(22)7-8-35/h1-2,9-11,15,18,35H,3-8,12,14H2,(H,30,31,32). The Morgan fingerprint density at radius 1 is 1.17 bits per heavy atom. The van der Waals surface area contributed by atoms with Crippen molar-refractivity contribution < 1.29 is 18.3 Å². The predicted octanol–water partition coefficient (Wildman–Crippen LogP) is 4.69. The Hall–Kier alpha value is -3.20. The average Bonchev–Trinajstić information content (AvgIpc) is 3.40. The van der Waals surface area contributed by atoms with Gasteiger partial charge in [-0.15, -0.1) is 11.3 Å². The van der Waals surface area contributed by atoms with Crippen molar-refractivity contribution in [1.29, 1.82) is 5.26 Å². The van der Waals surface area contributed by atoms with Crippen LogP contribution in [0.3, 0.4) is 0 Å². The van der Waals surface area contributed by atoms with E-state index in [0.717, 1.165) is 60.3 Å². The molecule has 11 heteroatoms. The quantitative estimate of drug-likeness (QED) is 0.372. The molecule has 3 aromatic heterocycles. The lowest BCUT2D eigenvalue weighted by Gasteiger charge is -2.32. The van der Waals surface area contributed by atoms with E-state index in [1.54, 1.807) is 6.07 Å². The van der Waals surface area contributed by atoms with Crippen molar-refractivity contribution in [2.45, 2.75) is 44.6 Å². The highest BCUT2D eigenvalue weighted by molar-refractivity contribution is 7.18. The van der Waals surface area contributed by atoms with Gasteiger partial charge < -0.3 is 15.0 Å². The molecule has 0 spiro atoms. The third-order valence-electron chi connectivity index (χ3n) is 6.49. The molecule has 2 N–H and O–H groups in total. The summed E-state index contributed by atoms with van der Waals surface area (Å²) in [6.45, 7) is 2.91. The van der Waals surface area contributed by atoms with Gasteiger partial charge in [-0.2, -0.15) is 18.4 Å². The number of nitriles is 1. The number of benzene rings is 1. The van der Waals surface area contributed by atoms with Crippen molar-refractivity contribution in [2.24, 2.45) is 0 Å². The van der Waals surface area contributed by atoms with E-state index >= 15 is 0 Å². The van der Waals surface area contributed by atoms with Gasteiger partial charge in [0.25, 0.3) is 0 Å². The fraction of sp³-hybridized carbons (Fsp3) is 0.400. The number of piperidine rings is 1. The minimum Gasteiger partial charge on any atom is -0.395 e. The number of alkyl halides is 3. The Morgan fingerprint density at radius 3 is 2.69 bits per heavy atom. The zero-order chi connectivity index (χ0) is 25.3. The molecule has 0 aliphatic carbocycles. The van der Waals surface area contributed by atoms with E-state index in [1.807, 2.05) is 16.7 Å². The molecule has 5 rings (SSSR count). The van der Waals surface area contributed by atoms with Gasteiger partial charge in [0.2, 0.25) is 0 Å². The number of hydrogen-bond donors (Lipinski definition) is 2. The first-order valence-corrected chi connectivity index (χ1v) is 12.6. The average molecular weight is 515 g/mol. The summed E-state index contributed by atoms with van der Waals surface area (Å²) in [6.07, 6.45) is -2.03. The van der Waals surface area contributed by atoms with Crippen molar-refractivity contribution in [3.8, 4) is 6.07 Å². The van der Waals surface area contributed by atoms with E-state index in [0.29, 0.717) is 28.3 Å². The maximum Gasteiger partial charge on any atom is 0.393 e. The van der Waals surface area contributed by atoms with Crippen LogP contribution in [0.5, 0.6) is 0 Å². The first kappa shape index (κ1) is 24.5. The molecule has 188 valence electrons. The molecule has 1 aromatic carbocycles. The number of thiophene rings is 1. The van der Waals surface area contributed by atoms with Crippen LogP contribution in [-0.2, 0) is 19.5 Å². The molecule has 7 nitrogen and oxygen atoms in total. The maximum atomic E-state index is 12.8.